The highest BCUT2D eigenvalue weighted by Crippen LogP contribution is 2.43. The molecule has 0 spiro atoms. The lowest BCUT2D eigenvalue weighted by atomic mass is 9.88. The second kappa shape index (κ2) is 6.42. The molecule has 1 aliphatic carbocycles. The quantitative estimate of drug-likeness (QED) is 0.715. The number of nitrogens with one attached hydrogen (secondary N) is 1. The third-order valence-corrected chi connectivity index (χ3v) is 8.60. The first kappa shape index (κ1) is 16.7. The van der Waals surface area contributed by atoms with E-state index in [-0.39, 0.29) is 15.3 Å². The minimum absolute atomic E-state index is 0.0206. The predicted molar refractivity (Wildman–Crippen MR) is 94.5 cm³/mol. The molecule has 2 aromatic rings. The Morgan fingerprint density at radius 3 is 2.64 bits per heavy atom. The minimum Gasteiger partial charge on any atom is -0.207 e. The summed E-state index contributed by atoms with van der Waals surface area (Å²) < 4.78 is 29.0. The molecule has 0 bridgehead atoms. The van der Waals surface area contributed by atoms with E-state index in [0.29, 0.717) is 8.81 Å². The van der Waals surface area contributed by atoms with Crippen molar-refractivity contribution in [1.82, 2.24) is 4.72 Å². The molecule has 3 nitrogen and oxygen atoms in total. The molecule has 1 aromatic carbocycles. The summed E-state index contributed by atoms with van der Waals surface area (Å²) in [5.41, 5.74) is 2.22. The van der Waals surface area contributed by atoms with E-state index in [9.17, 15) is 8.42 Å². The molecule has 1 heterocycles. The lowest BCUT2D eigenvalue weighted by molar-refractivity contribution is 0.507. The van der Waals surface area contributed by atoms with Gasteiger partial charge in [0, 0.05) is 6.04 Å². The van der Waals surface area contributed by atoms with Crippen molar-refractivity contribution >= 4 is 60.5 Å². The van der Waals surface area contributed by atoms with E-state index in [1.165, 1.54) is 5.56 Å². The van der Waals surface area contributed by atoms with Gasteiger partial charge in [-0.2, -0.15) is 0 Å². The van der Waals surface area contributed by atoms with Gasteiger partial charge in [0.2, 0.25) is 10.0 Å². The van der Waals surface area contributed by atoms with Crippen molar-refractivity contribution in [3.63, 3.8) is 0 Å². The Kier molecular flexibility index (Phi) is 4.88. The first-order chi connectivity index (χ1) is 10.4. The van der Waals surface area contributed by atoms with Crippen LogP contribution in [0.2, 0.25) is 8.67 Å². The van der Waals surface area contributed by atoms with Gasteiger partial charge in [-0.05, 0) is 46.3 Å². The number of hydrogen-bond donors (Lipinski definition) is 1. The number of thiophene rings is 1. The van der Waals surface area contributed by atoms with Crippen LogP contribution in [0.1, 0.15) is 30.0 Å². The summed E-state index contributed by atoms with van der Waals surface area (Å²) in [5, 5.41) is 0. The molecule has 1 aromatic heterocycles. The normalized spacial score (nSPS) is 18.2. The summed E-state index contributed by atoms with van der Waals surface area (Å²) in [4.78, 5) is 0.0206. The number of fused-ring (bicyclic) bond motifs is 1. The van der Waals surface area contributed by atoms with Crippen molar-refractivity contribution in [1.29, 1.82) is 0 Å². The Labute approximate surface area is 151 Å². The summed E-state index contributed by atoms with van der Waals surface area (Å²) in [5.74, 6) is 0. The number of sulfonamides is 1. The molecule has 3 rings (SSSR count). The van der Waals surface area contributed by atoms with Gasteiger partial charge in [-0.25, -0.2) is 13.1 Å². The van der Waals surface area contributed by atoms with Crippen molar-refractivity contribution in [2.24, 2.45) is 0 Å². The van der Waals surface area contributed by atoms with Crippen LogP contribution in [-0.2, 0) is 16.4 Å². The lowest BCUT2D eigenvalue weighted by Gasteiger charge is -2.26. The van der Waals surface area contributed by atoms with Crippen LogP contribution in [0, 0.1) is 0 Å². The fraction of sp³-hybridized carbons (Fsp3) is 0.286. The number of rotatable bonds is 3. The highest BCUT2D eigenvalue weighted by Gasteiger charge is 2.30. The zero-order valence-corrected chi connectivity index (χ0v) is 16.0. The molecule has 1 atom stereocenters. The maximum atomic E-state index is 12.7. The van der Waals surface area contributed by atoms with E-state index in [0.717, 1.165) is 36.2 Å². The van der Waals surface area contributed by atoms with Crippen LogP contribution < -0.4 is 4.72 Å². The highest BCUT2D eigenvalue weighted by molar-refractivity contribution is 9.10. The fourth-order valence-corrected chi connectivity index (χ4v) is 7.50. The van der Waals surface area contributed by atoms with Crippen LogP contribution in [0.3, 0.4) is 0 Å². The van der Waals surface area contributed by atoms with E-state index < -0.39 is 10.0 Å². The summed E-state index contributed by atoms with van der Waals surface area (Å²) >= 11 is 16.2. The van der Waals surface area contributed by atoms with Crippen molar-refractivity contribution in [2.45, 2.75) is 30.2 Å². The molecule has 0 fully saturated rings. The van der Waals surface area contributed by atoms with E-state index in [2.05, 4.69) is 20.7 Å². The molecule has 1 unspecified atom stereocenters. The molecule has 8 heteroatoms. The van der Waals surface area contributed by atoms with Crippen molar-refractivity contribution in [2.75, 3.05) is 0 Å². The Hall–Kier alpha value is -0.110. The molecule has 0 saturated heterocycles. The summed E-state index contributed by atoms with van der Waals surface area (Å²) in [7, 11) is -3.75. The van der Waals surface area contributed by atoms with E-state index in [1.54, 1.807) is 0 Å². The lowest BCUT2D eigenvalue weighted by Crippen LogP contribution is -2.31. The summed E-state index contributed by atoms with van der Waals surface area (Å²) in [6.07, 6.45) is 2.69. The average Bonchev–Trinajstić information content (AvgIpc) is 2.72. The molecule has 0 saturated carbocycles. The molecule has 22 heavy (non-hydrogen) atoms. The van der Waals surface area contributed by atoms with Crippen LogP contribution in [-0.4, -0.2) is 8.42 Å². The molecule has 1 aliphatic rings. The maximum absolute atomic E-state index is 12.7. The van der Waals surface area contributed by atoms with Crippen molar-refractivity contribution in [3.05, 3.63) is 48.5 Å². The number of aryl methyl sites for hydroxylation is 1. The van der Waals surface area contributed by atoms with Gasteiger partial charge in [0.15, 0.2) is 0 Å². The number of benzene rings is 1. The van der Waals surface area contributed by atoms with Gasteiger partial charge < -0.3 is 0 Å². The van der Waals surface area contributed by atoms with Gasteiger partial charge in [0.05, 0.1) is 4.47 Å². The molecular weight excluding hydrogens is 429 g/mol. The smallest absolute Gasteiger partial charge is 0.207 e. The minimum atomic E-state index is -3.75. The van der Waals surface area contributed by atoms with Crippen LogP contribution in [0.4, 0.5) is 0 Å². The summed E-state index contributed by atoms with van der Waals surface area (Å²) in [6.45, 7) is 0. The zero-order valence-electron chi connectivity index (χ0n) is 11.3. The third kappa shape index (κ3) is 3.09. The number of halogens is 3. The van der Waals surface area contributed by atoms with E-state index >= 15 is 0 Å². The molecular formula is C14H12BrCl2NO2S2. The summed E-state index contributed by atoms with van der Waals surface area (Å²) in [6, 6.07) is 7.67. The zero-order chi connectivity index (χ0) is 15.9. The fourth-order valence-electron chi connectivity index (χ4n) is 2.69. The number of hydrogen-bond acceptors (Lipinski definition) is 3. The SMILES string of the molecule is O=S(=O)(NC1CCCc2ccccc21)c1c(Cl)sc(Cl)c1Br. The van der Waals surface area contributed by atoms with Gasteiger partial charge in [0.1, 0.15) is 13.6 Å². The first-order valence-electron chi connectivity index (χ1n) is 6.63. The first-order valence-corrected chi connectivity index (χ1v) is 10.5. The molecule has 0 amide bonds. The van der Waals surface area contributed by atoms with Gasteiger partial charge in [0.25, 0.3) is 0 Å². The van der Waals surface area contributed by atoms with Gasteiger partial charge in [-0.3, -0.25) is 0 Å². The Balaban J connectivity index is 1.96. The third-order valence-electron chi connectivity index (χ3n) is 3.67. The van der Waals surface area contributed by atoms with Crippen LogP contribution >= 0.6 is 50.5 Å². The van der Waals surface area contributed by atoms with Crippen LogP contribution in [0.25, 0.3) is 0 Å². The van der Waals surface area contributed by atoms with Crippen molar-refractivity contribution < 1.29 is 8.42 Å². The van der Waals surface area contributed by atoms with E-state index in [1.807, 2.05) is 24.3 Å². The molecule has 0 aliphatic heterocycles. The molecule has 1 N–H and O–H groups in total. The topological polar surface area (TPSA) is 46.2 Å². The monoisotopic (exact) mass is 439 g/mol. The van der Waals surface area contributed by atoms with E-state index in [4.69, 9.17) is 23.2 Å². The second-order valence-corrected chi connectivity index (χ2v) is 9.73. The Morgan fingerprint density at radius 1 is 1.23 bits per heavy atom. The Morgan fingerprint density at radius 2 is 1.95 bits per heavy atom. The van der Waals surface area contributed by atoms with Crippen LogP contribution in [0.15, 0.2) is 33.6 Å². The second-order valence-electron chi connectivity index (χ2n) is 5.06. The predicted octanol–water partition coefficient (Wildman–Crippen LogP) is 5.17. The Bertz CT molecular complexity index is 820. The average molecular weight is 441 g/mol. The van der Waals surface area contributed by atoms with Crippen molar-refractivity contribution in [3.8, 4) is 0 Å². The molecule has 0 radical (unpaired) electrons. The van der Waals surface area contributed by atoms with Gasteiger partial charge in [-0.1, -0.05) is 47.5 Å². The van der Waals surface area contributed by atoms with Crippen LogP contribution in [0.5, 0.6) is 0 Å². The van der Waals surface area contributed by atoms with Gasteiger partial charge in [-0.15, -0.1) is 11.3 Å². The standard InChI is InChI=1S/C14H12BrCl2NO2S2/c15-11-12(14(17)21-13(11)16)22(19,20)18-10-7-3-5-8-4-1-2-6-9(8)10/h1-2,4,6,10,18H,3,5,7H2. The largest absolute Gasteiger partial charge is 0.244 e. The maximum Gasteiger partial charge on any atom is 0.244 e. The molecule has 118 valence electrons. The van der Waals surface area contributed by atoms with Gasteiger partial charge >= 0.3 is 0 Å². The highest BCUT2D eigenvalue weighted by atomic mass is 79.9.